The van der Waals surface area contributed by atoms with Gasteiger partial charge in [0.1, 0.15) is 12.4 Å². The first-order valence-electron chi connectivity index (χ1n) is 6.91. The van der Waals surface area contributed by atoms with Crippen LogP contribution >= 0.6 is 0 Å². The predicted octanol–water partition coefficient (Wildman–Crippen LogP) is 3.97. The maximum Gasteiger partial charge on any atom is 0.177 e. The molecule has 3 rings (SSSR count). The third kappa shape index (κ3) is 2.11. The number of hydrogen-bond donors (Lipinski definition) is 0. The summed E-state index contributed by atoms with van der Waals surface area (Å²) < 4.78 is 5.83. The van der Waals surface area contributed by atoms with E-state index in [1.807, 2.05) is 57.2 Å². The summed E-state index contributed by atoms with van der Waals surface area (Å²) in [7, 11) is 0. The molecule has 0 bridgehead atoms. The summed E-state index contributed by atoms with van der Waals surface area (Å²) in [5, 5.41) is 0. The molecule has 20 heavy (non-hydrogen) atoms. The molecule has 2 heteroatoms. The minimum Gasteiger partial charge on any atom is -0.492 e. The second-order valence-electron chi connectivity index (χ2n) is 5.59. The van der Waals surface area contributed by atoms with Gasteiger partial charge in [-0.2, -0.15) is 0 Å². The first kappa shape index (κ1) is 12.9. The van der Waals surface area contributed by atoms with Crippen LogP contribution in [0.15, 0.2) is 36.4 Å². The number of ether oxygens (including phenoxy) is 1. The van der Waals surface area contributed by atoms with Crippen molar-refractivity contribution in [2.75, 3.05) is 6.61 Å². The number of carbonyl (C=O) groups excluding carboxylic acids is 1. The molecule has 1 heterocycles. The molecule has 0 aromatic heterocycles. The van der Waals surface area contributed by atoms with Crippen LogP contribution in [0.4, 0.5) is 0 Å². The van der Waals surface area contributed by atoms with Crippen molar-refractivity contribution < 1.29 is 9.53 Å². The van der Waals surface area contributed by atoms with Crippen molar-refractivity contribution >= 4 is 5.78 Å². The van der Waals surface area contributed by atoms with Crippen molar-refractivity contribution in [2.24, 2.45) is 0 Å². The molecule has 0 fully saturated rings. The van der Waals surface area contributed by atoms with Gasteiger partial charge in [0, 0.05) is 0 Å². The van der Waals surface area contributed by atoms with Crippen LogP contribution in [-0.2, 0) is 0 Å². The van der Waals surface area contributed by atoms with Crippen molar-refractivity contribution in [2.45, 2.75) is 26.7 Å². The van der Waals surface area contributed by atoms with E-state index >= 15 is 0 Å². The Hall–Kier alpha value is -2.09. The lowest BCUT2D eigenvalue weighted by Crippen LogP contribution is -2.27. The van der Waals surface area contributed by atoms with Crippen molar-refractivity contribution in [1.82, 2.24) is 0 Å². The molecule has 0 N–H and O–H groups in total. The van der Waals surface area contributed by atoms with Gasteiger partial charge in [-0.05, 0) is 43.5 Å². The van der Waals surface area contributed by atoms with Gasteiger partial charge in [0.2, 0.25) is 0 Å². The number of Topliss-reactive ketones (excluding diaryl/α,β-unsaturated/α-hetero) is 1. The van der Waals surface area contributed by atoms with Gasteiger partial charge < -0.3 is 4.74 Å². The lowest BCUT2D eigenvalue weighted by atomic mass is 9.86. The van der Waals surface area contributed by atoms with Crippen LogP contribution in [0.2, 0.25) is 0 Å². The molecule has 2 aromatic rings. The monoisotopic (exact) mass is 266 g/mol. The summed E-state index contributed by atoms with van der Waals surface area (Å²) >= 11 is 0. The summed E-state index contributed by atoms with van der Waals surface area (Å²) in [4.78, 5) is 12.8. The Morgan fingerprint density at radius 3 is 2.40 bits per heavy atom. The van der Waals surface area contributed by atoms with Gasteiger partial charge in [-0.1, -0.05) is 35.9 Å². The van der Waals surface area contributed by atoms with Crippen LogP contribution < -0.4 is 4.74 Å². The van der Waals surface area contributed by atoms with Crippen molar-refractivity contribution in [3.8, 4) is 5.75 Å². The highest BCUT2D eigenvalue weighted by Gasteiger charge is 2.31. The van der Waals surface area contributed by atoms with Gasteiger partial charge in [-0.3, -0.25) is 4.79 Å². The third-order valence-corrected chi connectivity index (χ3v) is 3.89. The maximum absolute atomic E-state index is 12.8. The van der Waals surface area contributed by atoms with E-state index in [4.69, 9.17) is 4.74 Å². The minimum atomic E-state index is -0.190. The molecule has 2 aromatic carbocycles. The largest absolute Gasteiger partial charge is 0.492 e. The van der Waals surface area contributed by atoms with Crippen LogP contribution in [0.25, 0.3) is 0 Å². The molecule has 1 atom stereocenters. The second kappa shape index (κ2) is 4.78. The zero-order valence-corrected chi connectivity index (χ0v) is 12.1. The summed E-state index contributed by atoms with van der Waals surface area (Å²) in [5.74, 6) is 0.716. The molecule has 102 valence electrons. The highest BCUT2D eigenvalue weighted by atomic mass is 16.5. The van der Waals surface area contributed by atoms with E-state index in [0.717, 1.165) is 28.0 Å². The molecule has 0 spiro atoms. The Morgan fingerprint density at radius 1 is 1.00 bits per heavy atom. The molecule has 0 saturated heterocycles. The number of aryl methyl sites for hydroxylation is 3. The Bertz CT molecular complexity index is 669. The normalized spacial score (nSPS) is 17.6. The fourth-order valence-corrected chi connectivity index (χ4v) is 2.83. The van der Waals surface area contributed by atoms with Crippen LogP contribution in [0.5, 0.6) is 5.75 Å². The lowest BCUT2D eigenvalue weighted by Gasteiger charge is -2.26. The minimum absolute atomic E-state index is 0.174. The van der Waals surface area contributed by atoms with E-state index < -0.39 is 0 Å². The van der Waals surface area contributed by atoms with E-state index in [-0.39, 0.29) is 11.7 Å². The highest BCUT2D eigenvalue weighted by molar-refractivity contribution is 6.05. The molecule has 1 aliphatic heterocycles. The fraction of sp³-hybridized carbons (Fsp3) is 0.278. The number of carbonyl (C=O) groups is 1. The second-order valence-corrected chi connectivity index (χ2v) is 5.59. The zero-order valence-electron chi connectivity index (χ0n) is 12.1. The standard InChI is InChI=1S/C18H18O2/c1-11-4-6-14(7-5-11)15-10-20-16-9-12(2)8-13(3)17(16)18(15)19/h4-9,15H,10H2,1-3H3. The molecule has 1 aliphatic rings. The molecule has 0 saturated carbocycles. The number of ketones is 1. The van der Waals surface area contributed by atoms with Crippen molar-refractivity contribution in [3.63, 3.8) is 0 Å². The quantitative estimate of drug-likeness (QED) is 0.780. The van der Waals surface area contributed by atoms with Crippen LogP contribution in [0, 0.1) is 20.8 Å². The average Bonchev–Trinajstić information content (AvgIpc) is 2.39. The van der Waals surface area contributed by atoms with Crippen molar-refractivity contribution in [1.29, 1.82) is 0 Å². The Morgan fingerprint density at radius 2 is 1.70 bits per heavy atom. The van der Waals surface area contributed by atoms with Gasteiger partial charge in [0.15, 0.2) is 5.78 Å². The topological polar surface area (TPSA) is 26.3 Å². The van der Waals surface area contributed by atoms with Gasteiger partial charge in [0.25, 0.3) is 0 Å². The summed E-state index contributed by atoms with van der Waals surface area (Å²) in [6.45, 7) is 6.47. The number of fused-ring (bicyclic) bond motifs is 1. The molecule has 0 aliphatic carbocycles. The lowest BCUT2D eigenvalue weighted by molar-refractivity contribution is 0.0895. The molecule has 2 nitrogen and oxygen atoms in total. The zero-order chi connectivity index (χ0) is 14.3. The van der Waals surface area contributed by atoms with Crippen LogP contribution in [0.1, 0.15) is 38.5 Å². The molecular formula is C18H18O2. The Labute approximate surface area is 119 Å². The third-order valence-electron chi connectivity index (χ3n) is 3.89. The number of benzene rings is 2. The van der Waals surface area contributed by atoms with Crippen LogP contribution in [-0.4, -0.2) is 12.4 Å². The van der Waals surface area contributed by atoms with E-state index in [1.54, 1.807) is 0 Å². The summed E-state index contributed by atoms with van der Waals surface area (Å²) in [6, 6.07) is 12.1. The SMILES string of the molecule is Cc1ccc(C2COc3cc(C)cc(C)c3C2=O)cc1. The number of hydrogen-bond acceptors (Lipinski definition) is 2. The van der Waals surface area contributed by atoms with E-state index in [0.29, 0.717) is 6.61 Å². The highest BCUT2D eigenvalue weighted by Crippen LogP contribution is 2.35. The fourth-order valence-electron chi connectivity index (χ4n) is 2.83. The summed E-state index contributed by atoms with van der Waals surface area (Å²) in [5.41, 5.74) is 5.11. The first-order valence-corrected chi connectivity index (χ1v) is 6.91. The van der Waals surface area contributed by atoms with Gasteiger partial charge in [-0.15, -0.1) is 0 Å². The van der Waals surface area contributed by atoms with Crippen LogP contribution in [0.3, 0.4) is 0 Å². The average molecular weight is 266 g/mol. The van der Waals surface area contributed by atoms with Gasteiger partial charge in [-0.25, -0.2) is 0 Å². The molecule has 1 unspecified atom stereocenters. The van der Waals surface area contributed by atoms with Gasteiger partial charge >= 0.3 is 0 Å². The van der Waals surface area contributed by atoms with E-state index in [9.17, 15) is 4.79 Å². The molecule has 0 amide bonds. The van der Waals surface area contributed by atoms with E-state index in [1.165, 1.54) is 5.56 Å². The number of rotatable bonds is 1. The van der Waals surface area contributed by atoms with Gasteiger partial charge in [0.05, 0.1) is 11.5 Å². The Balaban J connectivity index is 2.03. The Kier molecular flexibility index (Phi) is 3.09. The molecule has 0 radical (unpaired) electrons. The molecular weight excluding hydrogens is 248 g/mol. The van der Waals surface area contributed by atoms with E-state index in [2.05, 4.69) is 0 Å². The maximum atomic E-state index is 12.8. The smallest absolute Gasteiger partial charge is 0.177 e. The summed E-state index contributed by atoms with van der Waals surface area (Å²) in [6.07, 6.45) is 0. The van der Waals surface area contributed by atoms with Crippen molar-refractivity contribution in [3.05, 3.63) is 64.2 Å². The first-order chi connectivity index (χ1) is 9.56. The predicted molar refractivity (Wildman–Crippen MR) is 79.7 cm³/mol.